The second kappa shape index (κ2) is 3.73. The number of rotatable bonds is 0. The molecule has 0 amide bonds. The van der Waals surface area contributed by atoms with Gasteiger partial charge < -0.3 is 0 Å². The van der Waals surface area contributed by atoms with Crippen molar-refractivity contribution in [1.29, 1.82) is 10.7 Å². The summed E-state index contributed by atoms with van der Waals surface area (Å²) in [4.78, 5) is 9.12. The molecule has 1 aliphatic carbocycles. The summed E-state index contributed by atoms with van der Waals surface area (Å²) in [7, 11) is 0. The third kappa shape index (κ3) is 1.19. The number of nitrogens with one attached hydrogen (secondary N) is 1. The highest BCUT2D eigenvalue weighted by atomic mass is 14.9. The zero-order valence-corrected chi connectivity index (χ0v) is 7.29. The van der Waals surface area contributed by atoms with Crippen LogP contribution in [0.25, 0.3) is 14.5 Å². The fourth-order valence-electron chi connectivity index (χ4n) is 1.14. The molecule has 0 fully saturated rings. The number of allylic oxidation sites excluding steroid dienone is 1. The summed E-state index contributed by atoms with van der Waals surface area (Å²) < 4.78 is 0. The first-order valence-corrected chi connectivity index (χ1v) is 3.57. The Labute approximate surface area is 85.8 Å². The van der Waals surface area contributed by atoms with Crippen LogP contribution in [0.15, 0.2) is 28.2 Å². The molecular weight excluding hydrogens is 190 g/mol. The largest absolute Gasteiger partial charge is 0.262 e. The van der Waals surface area contributed by atoms with Gasteiger partial charge >= 0.3 is 0 Å². The zero-order chi connectivity index (χ0) is 11.4. The van der Waals surface area contributed by atoms with Crippen molar-refractivity contribution in [2.45, 2.75) is 0 Å². The Kier molecular flexibility index (Phi) is 2.48. The molecule has 5 nitrogen and oxygen atoms in total. The highest BCUT2D eigenvalue weighted by Gasteiger charge is 2.30. The average Bonchev–Trinajstić information content (AvgIpc) is 2.59. The maximum absolute atomic E-state index is 8.77. The molecule has 0 spiro atoms. The molecule has 1 aliphatic rings. The lowest BCUT2D eigenvalue weighted by atomic mass is 10.1. The molecule has 1 N–H and O–H groups in total. The molecule has 0 aromatic carbocycles. The van der Waals surface area contributed by atoms with E-state index in [0.717, 1.165) is 0 Å². The first kappa shape index (κ1) is 9.97. The van der Waals surface area contributed by atoms with Crippen molar-refractivity contribution in [2.75, 3.05) is 0 Å². The van der Waals surface area contributed by atoms with E-state index in [1.54, 1.807) is 6.07 Å². The minimum Gasteiger partial charge on any atom is -0.262 e. The minimum atomic E-state index is -0.161. The van der Waals surface area contributed by atoms with Crippen molar-refractivity contribution in [3.05, 3.63) is 62.5 Å². The summed E-state index contributed by atoms with van der Waals surface area (Å²) in [5, 5.41) is 15.7. The van der Waals surface area contributed by atoms with E-state index >= 15 is 0 Å². The Hall–Kier alpha value is -3.11. The van der Waals surface area contributed by atoms with Crippen LogP contribution in [-0.2, 0) is 0 Å². The Morgan fingerprint density at radius 2 is 1.53 bits per heavy atom. The van der Waals surface area contributed by atoms with Crippen molar-refractivity contribution in [3.8, 4) is 6.07 Å². The van der Waals surface area contributed by atoms with Gasteiger partial charge in [-0.25, -0.2) is 0 Å². The van der Waals surface area contributed by atoms with Crippen LogP contribution >= 0.6 is 0 Å². The normalized spacial score (nSPS) is 13.7. The molecule has 0 radical (unpaired) electrons. The van der Waals surface area contributed by atoms with Gasteiger partial charge in [-0.3, -0.25) is 19.9 Å². The van der Waals surface area contributed by atoms with Crippen LogP contribution in [0.1, 0.15) is 0 Å². The van der Waals surface area contributed by atoms with E-state index in [-0.39, 0.29) is 28.2 Å². The third-order valence-corrected chi connectivity index (χ3v) is 1.74. The highest BCUT2D eigenvalue weighted by molar-refractivity contribution is 5.83. The molecule has 0 bridgehead atoms. The maximum Gasteiger partial charge on any atom is 0.203 e. The molecule has 66 valence electrons. The van der Waals surface area contributed by atoms with Gasteiger partial charge in [-0.15, -0.1) is 0 Å². The summed E-state index contributed by atoms with van der Waals surface area (Å²) in [6.07, 6.45) is 0. The van der Waals surface area contributed by atoms with E-state index in [2.05, 4.69) is 14.5 Å². The molecule has 1 rings (SSSR count). The monoisotopic (exact) mass is 191 g/mol. The average molecular weight is 191 g/mol. The lowest BCUT2D eigenvalue weighted by Gasteiger charge is -1.91. The van der Waals surface area contributed by atoms with Gasteiger partial charge in [-0.1, -0.05) is 0 Å². The predicted octanol–water partition coefficient (Wildman–Crippen LogP) is 1.92. The van der Waals surface area contributed by atoms with Crippen LogP contribution in [0.5, 0.6) is 0 Å². The van der Waals surface area contributed by atoms with Crippen molar-refractivity contribution >= 4 is 5.87 Å². The Morgan fingerprint density at radius 1 is 1.00 bits per heavy atom. The van der Waals surface area contributed by atoms with Crippen molar-refractivity contribution in [1.82, 2.24) is 0 Å². The van der Waals surface area contributed by atoms with E-state index in [1.807, 2.05) is 5.87 Å². The van der Waals surface area contributed by atoms with Gasteiger partial charge in [0.05, 0.1) is 31.4 Å². The quantitative estimate of drug-likeness (QED) is 0.461. The third-order valence-electron chi connectivity index (χ3n) is 1.74. The first-order chi connectivity index (χ1) is 7.24. The molecule has 5 heteroatoms. The second-order valence-corrected chi connectivity index (χ2v) is 2.37. The molecule has 0 aliphatic heterocycles. The van der Waals surface area contributed by atoms with Gasteiger partial charge in [0, 0.05) is 5.57 Å². The van der Waals surface area contributed by atoms with E-state index < -0.39 is 0 Å². The van der Waals surface area contributed by atoms with Crippen molar-refractivity contribution < 1.29 is 0 Å². The molecule has 0 heterocycles. The fourth-order valence-corrected chi connectivity index (χ4v) is 1.14. The van der Waals surface area contributed by atoms with E-state index in [9.17, 15) is 0 Å². The topological polar surface area (TPSA) is 60.7 Å². The Morgan fingerprint density at radius 3 is 1.87 bits per heavy atom. The van der Waals surface area contributed by atoms with Crippen LogP contribution in [0.4, 0.5) is 0 Å². The predicted molar refractivity (Wildman–Crippen MR) is 50.7 cm³/mol. The van der Waals surface area contributed by atoms with Gasteiger partial charge in [0.25, 0.3) is 0 Å². The number of hydrogen-bond acceptors (Lipinski definition) is 2. The molecule has 0 saturated carbocycles. The highest BCUT2D eigenvalue weighted by Crippen LogP contribution is 2.37. The summed E-state index contributed by atoms with van der Waals surface area (Å²) in [6.45, 7) is 20.5. The number of nitriles is 1. The Bertz CT molecular complexity index is 563. The van der Waals surface area contributed by atoms with E-state index in [1.165, 1.54) is 0 Å². The molecule has 0 saturated heterocycles. The van der Waals surface area contributed by atoms with Gasteiger partial charge in [-0.2, -0.15) is 5.26 Å². The smallest absolute Gasteiger partial charge is 0.203 e. The minimum absolute atomic E-state index is 0.0653. The standard InChI is InChI=1S/C10HN5/c1-13-8-6(4-11)7(5-12)9(14-2)10(8)15-3/h11H. The molecular formula is C10HN5. The maximum atomic E-state index is 8.77. The molecule has 15 heavy (non-hydrogen) atoms. The number of hydrogen-bond donors (Lipinski definition) is 1. The second-order valence-electron chi connectivity index (χ2n) is 2.37. The fraction of sp³-hybridized carbons (Fsp3) is 0. The first-order valence-electron chi connectivity index (χ1n) is 3.57. The molecule has 0 atom stereocenters. The van der Waals surface area contributed by atoms with Crippen LogP contribution in [0.2, 0.25) is 0 Å². The van der Waals surface area contributed by atoms with Crippen LogP contribution in [-0.4, -0.2) is 5.87 Å². The summed E-state index contributed by atoms with van der Waals surface area (Å²) in [6, 6.07) is 1.71. The van der Waals surface area contributed by atoms with Crippen LogP contribution in [0.3, 0.4) is 0 Å². The van der Waals surface area contributed by atoms with Gasteiger partial charge in [0.15, 0.2) is 5.70 Å². The summed E-state index contributed by atoms with van der Waals surface area (Å²) in [5.74, 6) is 1.92. The van der Waals surface area contributed by atoms with E-state index in [4.69, 9.17) is 30.4 Å². The molecule has 0 aromatic rings. The lowest BCUT2D eigenvalue weighted by Crippen LogP contribution is -1.84. The van der Waals surface area contributed by atoms with E-state index in [0.29, 0.717) is 0 Å². The summed E-state index contributed by atoms with van der Waals surface area (Å²) >= 11 is 0. The van der Waals surface area contributed by atoms with Gasteiger partial charge in [0.1, 0.15) is 0 Å². The SMILES string of the molecule is [C-]#[N+]C1=C(C#N)C(=C=N)C([N+]#[C-])=C1[N+]#[C-]. The van der Waals surface area contributed by atoms with Crippen LogP contribution in [0, 0.1) is 36.5 Å². The summed E-state index contributed by atoms with van der Waals surface area (Å²) in [5.41, 5.74) is -0.636. The molecule has 0 unspecified atom stereocenters. The van der Waals surface area contributed by atoms with Gasteiger partial charge in [-0.05, 0) is 5.87 Å². The Balaban J connectivity index is 3.75. The molecule has 0 aromatic heterocycles. The number of nitrogens with zero attached hydrogens (tertiary/aromatic N) is 4. The lowest BCUT2D eigenvalue weighted by molar-refractivity contribution is 1.45. The van der Waals surface area contributed by atoms with Crippen LogP contribution < -0.4 is 0 Å². The zero-order valence-electron chi connectivity index (χ0n) is 7.29. The van der Waals surface area contributed by atoms with Gasteiger partial charge in [0.2, 0.25) is 11.4 Å². The van der Waals surface area contributed by atoms with Crippen molar-refractivity contribution in [3.63, 3.8) is 0 Å². The van der Waals surface area contributed by atoms with Crippen molar-refractivity contribution in [2.24, 2.45) is 0 Å².